The lowest BCUT2D eigenvalue weighted by atomic mass is 10.1. The minimum Gasteiger partial charge on any atom is -0.362 e. The summed E-state index contributed by atoms with van der Waals surface area (Å²) in [5.74, 6) is 0. The highest BCUT2D eigenvalue weighted by molar-refractivity contribution is 8.14. The first kappa shape index (κ1) is 13.0. The number of rotatable bonds is 3. The summed E-state index contributed by atoms with van der Waals surface area (Å²) in [7, 11) is 0. The van der Waals surface area contributed by atoms with Crippen LogP contribution in [0.5, 0.6) is 0 Å². The molecule has 1 aliphatic heterocycles. The Morgan fingerprint density at radius 2 is 2.35 bits per heavy atom. The van der Waals surface area contributed by atoms with Crippen molar-refractivity contribution in [3.63, 3.8) is 0 Å². The summed E-state index contributed by atoms with van der Waals surface area (Å²) in [5, 5.41) is 9.70. The van der Waals surface area contributed by atoms with E-state index in [2.05, 4.69) is 47.9 Å². The summed E-state index contributed by atoms with van der Waals surface area (Å²) in [5.41, 5.74) is 1.41. The van der Waals surface area contributed by atoms with Crippen molar-refractivity contribution < 1.29 is 0 Å². The molecule has 0 fully saturated rings. The first-order chi connectivity index (χ1) is 8.13. The van der Waals surface area contributed by atoms with Crippen molar-refractivity contribution in [3.8, 4) is 0 Å². The molecule has 1 aliphatic rings. The van der Waals surface area contributed by atoms with Crippen LogP contribution in [0.3, 0.4) is 0 Å². The summed E-state index contributed by atoms with van der Waals surface area (Å²) in [4.78, 5) is 4.67. The molecule has 0 bridgehead atoms. The molecular formula is C13H20N2S2. The summed E-state index contributed by atoms with van der Waals surface area (Å²) < 4.78 is 0. The van der Waals surface area contributed by atoms with E-state index >= 15 is 0 Å². The molecule has 1 N–H and O–H groups in total. The lowest BCUT2D eigenvalue weighted by molar-refractivity contribution is 0.630. The van der Waals surface area contributed by atoms with E-state index in [-0.39, 0.29) is 0 Å². The maximum absolute atomic E-state index is 4.67. The van der Waals surface area contributed by atoms with Gasteiger partial charge in [-0.25, -0.2) is 0 Å². The zero-order valence-corrected chi connectivity index (χ0v) is 12.3. The van der Waals surface area contributed by atoms with Crippen LogP contribution in [0.2, 0.25) is 0 Å². The van der Waals surface area contributed by atoms with Gasteiger partial charge in [0.2, 0.25) is 0 Å². The minimum atomic E-state index is 0.452. The fraction of sp³-hybridized carbons (Fsp3) is 0.615. The molecule has 2 rings (SSSR count). The van der Waals surface area contributed by atoms with Crippen molar-refractivity contribution in [2.75, 3.05) is 0 Å². The van der Waals surface area contributed by atoms with Crippen LogP contribution in [-0.2, 0) is 6.42 Å². The van der Waals surface area contributed by atoms with E-state index < -0.39 is 0 Å². The predicted octanol–water partition coefficient (Wildman–Crippen LogP) is 3.54. The van der Waals surface area contributed by atoms with Crippen LogP contribution in [0, 0.1) is 0 Å². The second kappa shape index (κ2) is 5.91. The largest absolute Gasteiger partial charge is 0.362 e. The SMILES string of the molecule is CC1CC(C)SC(NC(C)Cc2ccsc2)=N1. The van der Waals surface area contributed by atoms with E-state index in [0.29, 0.717) is 17.3 Å². The van der Waals surface area contributed by atoms with Gasteiger partial charge in [-0.3, -0.25) is 4.99 Å². The van der Waals surface area contributed by atoms with E-state index in [1.54, 1.807) is 11.3 Å². The second-order valence-corrected chi connectivity index (χ2v) is 7.04. The van der Waals surface area contributed by atoms with Gasteiger partial charge in [0.05, 0.1) is 6.04 Å². The smallest absolute Gasteiger partial charge is 0.157 e. The van der Waals surface area contributed by atoms with Crippen molar-refractivity contribution in [3.05, 3.63) is 22.4 Å². The highest BCUT2D eigenvalue weighted by Gasteiger charge is 2.19. The summed E-state index contributed by atoms with van der Waals surface area (Å²) in [6.07, 6.45) is 2.26. The van der Waals surface area contributed by atoms with Gasteiger partial charge in [-0.15, -0.1) is 0 Å². The maximum atomic E-state index is 4.67. The van der Waals surface area contributed by atoms with Crippen molar-refractivity contribution in [1.82, 2.24) is 5.32 Å². The zero-order valence-electron chi connectivity index (χ0n) is 10.6. The van der Waals surface area contributed by atoms with E-state index in [9.17, 15) is 0 Å². The molecule has 0 amide bonds. The first-order valence-electron chi connectivity index (χ1n) is 6.15. The third-order valence-electron chi connectivity index (χ3n) is 2.82. The molecule has 4 heteroatoms. The van der Waals surface area contributed by atoms with Gasteiger partial charge in [-0.05, 0) is 49.1 Å². The van der Waals surface area contributed by atoms with Gasteiger partial charge in [-0.2, -0.15) is 11.3 Å². The molecule has 3 unspecified atom stereocenters. The van der Waals surface area contributed by atoms with Gasteiger partial charge in [-0.1, -0.05) is 18.7 Å². The number of nitrogens with zero attached hydrogens (tertiary/aromatic N) is 1. The van der Waals surface area contributed by atoms with Crippen LogP contribution in [0.25, 0.3) is 0 Å². The van der Waals surface area contributed by atoms with E-state index in [0.717, 1.165) is 11.6 Å². The lowest BCUT2D eigenvalue weighted by Crippen LogP contribution is -2.36. The van der Waals surface area contributed by atoms with Crippen LogP contribution in [-0.4, -0.2) is 22.5 Å². The highest BCUT2D eigenvalue weighted by Crippen LogP contribution is 2.24. The van der Waals surface area contributed by atoms with Crippen molar-refractivity contribution in [2.45, 2.75) is 50.9 Å². The molecule has 1 aromatic rings. The van der Waals surface area contributed by atoms with Crippen molar-refractivity contribution in [2.24, 2.45) is 4.99 Å². The molecule has 0 spiro atoms. The molecule has 0 radical (unpaired) electrons. The average Bonchev–Trinajstić information content (AvgIpc) is 2.67. The Bertz CT molecular complexity index is 373. The first-order valence-corrected chi connectivity index (χ1v) is 7.98. The predicted molar refractivity (Wildman–Crippen MR) is 79.2 cm³/mol. The second-order valence-electron chi connectivity index (χ2n) is 4.83. The fourth-order valence-electron chi connectivity index (χ4n) is 2.10. The molecule has 2 nitrogen and oxygen atoms in total. The molecule has 0 aliphatic carbocycles. The standard InChI is InChI=1S/C13H20N2S2/c1-9-6-11(3)17-13(14-9)15-10(2)7-12-4-5-16-8-12/h4-5,8-11H,6-7H2,1-3H3,(H,14,15). The zero-order chi connectivity index (χ0) is 12.3. The Morgan fingerprint density at radius 1 is 1.53 bits per heavy atom. The van der Waals surface area contributed by atoms with Gasteiger partial charge in [0.15, 0.2) is 5.17 Å². The molecule has 0 saturated carbocycles. The van der Waals surface area contributed by atoms with Gasteiger partial charge in [0.25, 0.3) is 0 Å². The van der Waals surface area contributed by atoms with Gasteiger partial charge in [0.1, 0.15) is 0 Å². The van der Waals surface area contributed by atoms with Crippen LogP contribution < -0.4 is 5.32 Å². The number of nitrogens with one attached hydrogen (secondary N) is 1. The molecule has 1 aromatic heterocycles. The summed E-state index contributed by atoms with van der Waals surface area (Å²) in [6, 6.07) is 3.11. The third-order valence-corrected chi connectivity index (χ3v) is 4.59. The van der Waals surface area contributed by atoms with Crippen LogP contribution in [0.15, 0.2) is 21.8 Å². The Morgan fingerprint density at radius 3 is 3.00 bits per heavy atom. The Balaban J connectivity index is 1.88. The molecule has 3 atom stereocenters. The molecule has 2 heterocycles. The number of aliphatic imine (C=N–C) groups is 1. The topological polar surface area (TPSA) is 24.4 Å². The number of thioether (sulfide) groups is 1. The molecular weight excluding hydrogens is 248 g/mol. The number of hydrogen-bond donors (Lipinski definition) is 1. The molecule has 0 saturated heterocycles. The normalized spacial score (nSPS) is 26.4. The Kier molecular flexibility index (Phi) is 4.51. The fourth-order valence-corrected chi connectivity index (χ4v) is 4.05. The van der Waals surface area contributed by atoms with Crippen molar-refractivity contribution in [1.29, 1.82) is 0 Å². The minimum absolute atomic E-state index is 0.452. The maximum Gasteiger partial charge on any atom is 0.157 e. The number of amidine groups is 1. The molecule has 0 aromatic carbocycles. The highest BCUT2D eigenvalue weighted by atomic mass is 32.2. The number of thiophene rings is 1. The van der Waals surface area contributed by atoms with Gasteiger partial charge < -0.3 is 5.32 Å². The van der Waals surface area contributed by atoms with Gasteiger partial charge >= 0.3 is 0 Å². The van der Waals surface area contributed by atoms with E-state index in [1.807, 2.05) is 11.8 Å². The quantitative estimate of drug-likeness (QED) is 0.907. The number of hydrogen-bond acceptors (Lipinski definition) is 4. The van der Waals surface area contributed by atoms with Gasteiger partial charge in [0, 0.05) is 11.3 Å². The van der Waals surface area contributed by atoms with E-state index in [4.69, 9.17) is 0 Å². The third kappa shape index (κ3) is 4.03. The average molecular weight is 268 g/mol. The molecule has 17 heavy (non-hydrogen) atoms. The van der Waals surface area contributed by atoms with Crippen LogP contribution in [0.4, 0.5) is 0 Å². The summed E-state index contributed by atoms with van der Waals surface area (Å²) >= 11 is 3.64. The lowest BCUT2D eigenvalue weighted by Gasteiger charge is -2.25. The molecule has 94 valence electrons. The Hall–Kier alpha value is -0.480. The summed E-state index contributed by atoms with van der Waals surface area (Å²) in [6.45, 7) is 6.70. The van der Waals surface area contributed by atoms with E-state index in [1.165, 1.54) is 12.0 Å². The van der Waals surface area contributed by atoms with Crippen LogP contribution in [0.1, 0.15) is 32.8 Å². The Labute approximate surface area is 112 Å². The van der Waals surface area contributed by atoms with Crippen molar-refractivity contribution >= 4 is 28.3 Å². The monoisotopic (exact) mass is 268 g/mol. The van der Waals surface area contributed by atoms with Crippen LogP contribution >= 0.6 is 23.1 Å².